The van der Waals surface area contributed by atoms with Crippen LogP contribution in [-0.4, -0.2) is 24.5 Å². The van der Waals surface area contributed by atoms with Crippen LogP contribution in [0.3, 0.4) is 0 Å². The lowest BCUT2D eigenvalue weighted by atomic mass is 9.83. The Bertz CT molecular complexity index is 592. The molecule has 0 aromatic heterocycles. The summed E-state index contributed by atoms with van der Waals surface area (Å²) in [4.78, 5) is 25.0. The number of nitrogens with one attached hydrogen (secondary N) is 1. The van der Waals surface area contributed by atoms with Gasteiger partial charge in [-0.3, -0.25) is 4.79 Å². The highest BCUT2D eigenvalue weighted by Gasteiger charge is 2.40. The van der Waals surface area contributed by atoms with Crippen molar-refractivity contribution in [3.8, 4) is 0 Å². The Morgan fingerprint density at radius 3 is 2.38 bits per heavy atom. The van der Waals surface area contributed by atoms with Gasteiger partial charge in [0.25, 0.3) is 0 Å². The molecule has 0 heterocycles. The van der Waals surface area contributed by atoms with Crippen LogP contribution >= 0.6 is 11.6 Å². The zero-order valence-corrected chi connectivity index (χ0v) is 15.2. The number of halogens is 1. The number of esters is 1. The van der Waals surface area contributed by atoms with Crippen molar-refractivity contribution in [3.63, 3.8) is 0 Å². The van der Waals surface area contributed by atoms with Gasteiger partial charge in [-0.1, -0.05) is 55.8 Å². The summed E-state index contributed by atoms with van der Waals surface area (Å²) in [5.41, 5.74) is 0.921. The smallest absolute Gasteiger partial charge is 0.331 e. The normalized spacial score (nSPS) is 17.5. The maximum Gasteiger partial charge on any atom is 0.331 e. The van der Waals surface area contributed by atoms with Gasteiger partial charge in [-0.05, 0) is 37.0 Å². The summed E-state index contributed by atoms with van der Waals surface area (Å²) in [5.74, 6) is -0.528. The van der Waals surface area contributed by atoms with Crippen LogP contribution in [0.5, 0.6) is 0 Å². The molecule has 0 aliphatic heterocycles. The lowest BCUT2D eigenvalue weighted by Gasteiger charge is -2.33. The van der Waals surface area contributed by atoms with Crippen molar-refractivity contribution < 1.29 is 14.3 Å². The molecular weight excluding hydrogens is 326 g/mol. The summed E-state index contributed by atoms with van der Waals surface area (Å²) in [7, 11) is 1.38. The van der Waals surface area contributed by atoms with E-state index < -0.39 is 5.54 Å². The highest BCUT2D eigenvalue weighted by molar-refractivity contribution is 6.31. The molecule has 132 valence electrons. The van der Waals surface area contributed by atoms with Crippen LogP contribution in [0.15, 0.2) is 18.2 Å². The van der Waals surface area contributed by atoms with Crippen LogP contribution in [0.4, 0.5) is 0 Å². The summed E-state index contributed by atoms with van der Waals surface area (Å²) in [6, 6.07) is 5.64. The zero-order chi connectivity index (χ0) is 17.6. The van der Waals surface area contributed by atoms with E-state index in [9.17, 15) is 9.59 Å². The van der Waals surface area contributed by atoms with Gasteiger partial charge in [-0.25, -0.2) is 4.79 Å². The number of carbonyl (C=O) groups is 2. The Kier molecular flexibility index (Phi) is 6.67. The number of hydrogen-bond acceptors (Lipinski definition) is 3. The van der Waals surface area contributed by atoms with Crippen molar-refractivity contribution in [3.05, 3.63) is 34.3 Å². The van der Waals surface area contributed by atoms with Crippen molar-refractivity contribution in [1.82, 2.24) is 5.32 Å². The standard InChI is InChI=1S/C19H26ClNO3/c1-14-8-9-15(16(20)12-14)13-17(22)21-19(18(23)24-2)10-6-4-3-5-7-11-19/h8-9,12H,3-7,10-11,13H2,1-2H3,(H,21,22). The minimum absolute atomic E-state index is 0.165. The van der Waals surface area contributed by atoms with Crippen molar-refractivity contribution >= 4 is 23.5 Å². The van der Waals surface area contributed by atoms with Crippen molar-refractivity contribution in [2.45, 2.75) is 63.8 Å². The Hall–Kier alpha value is -1.55. The lowest BCUT2D eigenvalue weighted by molar-refractivity contribution is -0.152. The Morgan fingerprint density at radius 2 is 1.79 bits per heavy atom. The van der Waals surface area contributed by atoms with Gasteiger partial charge in [0.05, 0.1) is 13.5 Å². The average Bonchev–Trinajstić information content (AvgIpc) is 2.52. The quantitative estimate of drug-likeness (QED) is 0.835. The summed E-state index contributed by atoms with van der Waals surface area (Å²) >= 11 is 6.22. The second-order valence-electron chi connectivity index (χ2n) is 6.66. The molecule has 1 aliphatic rings. The molecule has 1 N–H and O–H groups in total. The van der Waals surface area contributed by atoms with E-state index >= 15 is 0 Å². The van der Waals surface area contributed by atoms with Crippen LogP contribution in [0.25, 0.3) is 0 Å². The first-order valence-electron chi connectivity index (χ1n) is 8.61. The molecule has 1 aliphatic carbocycles. The van der Waals surface area contributed by atoms with E-state index in [2.05, 4.69) is 5.32 Å². The fourth-order valence-electron chi connectivity index (χ4n) is 3.36. The molecule has 1 amide bonds. The first-order valence-corrected chi connectivity index (χ1v) is 8.99. The molecule has 1 aromatic carbocycles. The van der Waals surface area contributed by atoms with Gasteiger partial charge in [0.2, 0.25) is 5.91 Å². The Balaban J connectivity index is 2.12. The van der Waals surface area contributed by atoms with E-state index in [1.165, 1.54) is 13.5 Å². The number of carbonyl (C=O) groups excluding carboxylic acids is 2. The van der Waals surface area contributed by atoms with E-state index in [-0.39, 0.29) is 18.3 Å². The highest BCUT2D eigenvalue weighted by atomic mass is 35.5. The second kappa shape index (κ2) is 8.52. The molecule has 0 bridgehead atoms. The third-order valence-corrected chi connectivity index (χ3v) is 5.07. The maximum absolute atomic E-state index is 12.6. The number of amides is 1. The minimum Gasteiger partial charge on any atom is -0.467 e. The van der Waals surface area contributed by atoms with Crippen molar-refractivity contribution in [1.29, 1.82) is 0 Å². The molecule has 0 saturated heterocycles. The van der Waals surface area contributed by atoms with E-state index in [1.54, 1.807) is 0 Å². The largest absolute Gasteiger partial charge is 0.467 e. The molecule has 1 aromatic rings. The number of ether oxygens (including phenoxy) is 1. The predicted octanol–water partition coefficient (Wildman–Crippen LogP) is 3.96. The van der Waals surface area contributed by atoms with Gasteiger partial charge >= 0.3 is 5.97 Å². The number of hydrogen-bond donors (Lipinski definition) is 1. The lowest BCUT2D eigenvalue weighted by Crippen LogP contribution is -2.55. The summed E-state index contributed by atoms with van der Waals surface area (Å²) in [5, 5.41) is 3.55. The molecule has 0 atom stereocenters. The molecule has 0 spiro atoms. The van der Waals surface area contributed by atoms with Crippen molar-refractivity contribution in [2.75, 3.05) is 7.11 Å². The fraction of sp³-hybridized carbons (Fsp3) is 0.579. The summed E-state index contributed by atoms with van der Waals surface area (Å²) in [6.07, 6.45) is 6.61. The number of methoxy groups -OCH3 is 1. The van der Waals surface area contributed by atoms with E-state index in [0.717, 1.165) is 36.8 Å². The molecule has 1 saturated carbocycles. The van der Waals surface area contributed by atoms with Gasteiger partial charge in [-0.15, -0.1) is 0 Å². The third kappa shape index (κ3) is 4.73. The fourth-order valence-corrected chi connectivity index (χ4v) is 3.67. The summed E-state index contributed by atoms with van der Waals surface area (Å²) in [6.45, 7) is 1.95. The van der Waals surface area contributed by atoms with Gasteiger partial charge in [0.1, 0.15) is 5.54 Å². The number of aryl methyl sites for hydroxylation is 1. The first-order chi connectivity index (χ1) is 11.5. The minimum atomic E-state index is -0.899. The van der Waals surface area contributed by atoms with Gasteiger partial charge in [0.15, 0.2) is 0 Å². The maximum atomic E-state index is 12.6. The van der Waals surface area contributed by atoms with Crippen LogP contribution in [0, 0.1) is 6.92 Å². The molecule has 1 fully saturated rings. The van der Waals surface area contributed by atoms with Crippen LogP contribution in [-0.2, 0) is 20.7 Å². The zero-order valence-electron chi connectivity index (χ0n) is 14.5. The topological polar surface area (TPSA) is 55.4 Å². The third-order valence-electron chi connectivity index (χ3n) is 4.72. The molecule has 24 heavy (non-hydrogen) atoms. The Labute approximate surface area is 148 Å². The number of benzene rings is 1. The molecule has 4 nitrogen and oxygen atoms in total. The summed E-state index contributed by atoms with van der Waals surface area (Å²) < 4.78 is 5.00. The van der Waals surface area contributed by atoms with Gasteiger partial charge in [-0.2, -0.15) is 0 Å². The number of rotatable bonds is 4. The van der Waals surface area contributed by atoms with Crippen LogP contribution < -0.4 is 5.32 Å². The molecule has 0 radical (unpaired) electrons. The van der Waals surface area contributed by atoms with E-state index in [4.69, 9.17) is 16.3 Å². The molecule has 2 rings (SSSR count). The monoisotopic (exact) mass is 351 g/mol. The van der Waals surface area contributed by atoms with Gasteiger partial charge in [0, 0.05) is 5.02 Å². The first kappa shape index (κ1) is 18.8. The second-order valence-corrected chi connectivity index (χ2v) is 7.07. The highest BCUT2D eigenvalue weighted by Crippen LogP contribution is 2.28. The van der Waals surface area contributed by atoms with Crippen LogP contribution in [0.1, 0.15) is 56.1 Å². The van der Waals surface area contributed by atoms with Crippen LogP contribution in [0.2, 0.25) is 5.02 Å². The van der Waals surface area contributed by atoms with Gasteiger partial charge < -0.3 is 10.1 Å². The van der Waals surface area contributed by atoms with Crippen molar-refractivity contribution in [2.24, 2.45) is 0 Å². The Morgan fingerprint density at radius 1 is 1.17 bits per heavy atom. The molecular formula is C19H26ClNO3. The molecule has 0 unspecified atom stereocenters. The average molecular weight is 352 g/mol. The van der Waals surface area contributed by atoms with E-state index in [0.29, 0.717) is 17.9 Å². The molecule has 5 heteroatoms. The van der Waals surface area contributed by atoms with E-state index in [1.807, 2.05) is 25.1 Å². The predicted molar refractivity (Wildman–Crippen MR) is 95.1 cm³/mol. The SMILES string of the molecule is COC(=O)C1(NC(=O)Cc2ccc(C)cc2Cl)CCCCCCC1.